The van der Waals surface area contributed by atoms with Crippen LogP contribution in [-0.2, 0) is 0 Å². The predicted molar refractivity (Wildman–Crippen MR) is 51.0 cm³/mol. The zero-order valence-corrected chi connectivity index (χ0v) is 7.98. The van der Waals surface area contributed by atoms with Crippen LogP contribution in [0.1, 0.15) is 33.6 Å². The molecule has 10 heavy (non-hydrogen) atoms. The van der Waals surface area contributed by atoms with Crippen molar-refractivity contribution in [1.29, 1.82) is 0 Å². The SMILES string of the molecule is CCB(C)CCC(C)CC. The van der Waals surface area contributed by atoms with Crippen molar-refractivity contribution < 1.29 is 0 Å². The molecule has 0 bridgehead atoms. The Labute approximate surface area is 66.5 Å². The minimum absolute atomic E-state index is 0.939. The Balaban J connectivity index is 3.17. The third kappa shape index (κ3) is 4.90. The van der Waals surface area contributed by atoms with E-state index in [9.17, 15) is 0 Å². The molecule has 0 aromatic heterocycles. The molecule has 0 aliphatic rings. The Morgan fingerprint density at radius 3 is 2.30 bits per heavy atom. The number of hydrogen-bond donors (Lipinski definition) is 0. The molecule has 0 aliphatic heterocycles. The van der Waals surface area contributed by atoms with Crippen LogP contribution in [0.4, 0.5) is 0 Å². The first-order valence-electron chi connectivity index (χ1n) is 4.70. The molecule has 1 heteroatoms. The largest absolute Gasteiger partial charge is 0.136 e. The Bertz CT molecular complexity index is 61.1. The molecule has 0 radical (unpaired) electrons. The van der Waals surface area contributed by atoms with Gasteiger partial charge in [-0.15, -0.1) is 0 Å². The summed E-state index contributed by atoms with van der Waals surface area (Å²) in [4.78, 5) is 0. The monoisotopic (exact) mass is 140 g/mol. The van der Waals surface area contributed by atoms with Crippen molar-refractivity contribution in [2.45, 2.75) is 53.1 Å². The van der Waals surface area contributed by atoms with E-state index in [4.69, 9.17) is 0 Å². The van der Waals surface area contributed by atoms with Crippen molar-refractivity contribution >= 4 is 6.71 Å². The van der Waals surface area contributed by atoms with Crippen molar-refractivity contribution in [3.63, 3.8) is 0 Å². The highest BCUT2D eigenvalue weighted by Crippen LogP contribution is 2.12. The zero-order chi connectivity index (χ0) is 7.98. The van der Waals surface area contributed by atoms with Gasteiger partial charge in [-0.2, -0.15) is 0 Å². The molecule has 0 spiro atoms. The molecule has 60 valence electrons. The van der Waals surface area contributed by atoms with Crippen molar-refractivity contribution in [1.82, 2.24) is 0 Å². The molecular weight excluding hydrogens is 119 g/mol. The van der Waals surface area contributed by atoms with E-state index in [1.807, 2.05) is 0 Å². The highest BCUT2D eigenvalue weighted by molar-refractivity contribution is 6.57. The van der Waals surface area contributed by atoms with Gasteiger partial charge in [0.25, 0.3) is 0 Å². The minimum atomic E-state index is 0.939. The first-order chi connectivity index (χ1) is 4.70. The molecule has 0 aliphatic carbocycles. The van der Waals surface area contributed by atoms with Crippen LogP contribution in [0.25, 0.3) is 0 Å². The summed E-state index contributed by atoms with van der Waals surface area (Å²) in [6, 6.07) is 0. The Hall–Kier alpha value is 0.0649. The van der Waals surface area contributed by atoms with E-state index >= 15 is 0 Å². The summed E-state index contributed by atoms with van der Waals surface area (Å²) in [6.45, 7) is 10.2. The lowest BCUT2D eigenvalue weighted by Crippen LogP contribution is -2.06. The van der Waals surface area contributed by atoms with Gasteiger partial charge >= 0.3 is 0 Å². The van der Waals surface area contributed by atoms with Crippen LogP contribution in [0.5, 0.6) is 0 Å². The van der Waals surface area contributed by atoms with E-state index in [0.29, 0.717) is 0 Å². The zero-order valence-electron chi connectivity index (χ0n) is 7.98. The second-order valence-electron chi connectivity index (χ2n) is 3.60. The Morgan fingerprint density at radius 1 is 1.30 bits per heavy atom. The molecule has 0 heterocycles. The molecular formula is C9H21B. The summed E-state index contributed by atoms with van der Waals surface area (Å²) in [7, 11) is 0. The van der Waals surface area contributed by atoms with Crippen molar-refractivity contribution in [3.05, 3.63) is 0 Å². The maximum absolute atomic E-state index is 2.35. The first-order valence-corrected chi connectivity index (χ1v) is 4.70. The normalized spacial score (nSPS) is 13.2. The van der Waals surface area contributed by atoms with E-state index < -0.39 is 0 Å². The molecule has 1 unspecified atom stereocenters. The molecule has 1 atom stereocenters. The van der Waals surface area contributed by atoms with Gasteiger partial charge < -0.3 is 0 Å². The fraction of sp³-hybridized carbons (Fsp3) is 1.00. The van der Waals surface area contributed by atoms with Gasteiger partial charge in [-0.1, -0.05) is 53.1 Å². The third-order valence-corrected chi connectivity index (χ3v) is 2.55. The van der Waals surface area contributed by atoms with Crippen molar-refractivity contribution in [2.24, 2.45) is 5.92 Å². The summed E-state index contributed by atoms with van der Waals surface area (Å²) in [5.41, 5.74) is 0. The van der Waals surface area contributed by atoms with Crippen LogP contribution in [0.2, 0.25) is 19.5 Å². The van der Waals surface area contributed by atoms with Gasteiger partial charge in [0.1, 0.15) is 6.71 Å². The molecule has 0 nitrogen and oxygen atoms in total. The Kier molecular flexibility index (Phi) is 5.86. The summed E-state index contributed by atoms with van der Waals surface area (Å²) < 4.78 is 0. The maximum atomic E-state index is 2.35. The molecule has 0 saturated carbocycles. The van der Waals surface area contributed by atoms with Gasteiger partial charge in [-0.3, -0.25) is 0 Å². The molecule has 0 saturated heterocycles. The predicted octanol–water partition coefficient (Wildman–Crippen LogP) is 3.57. The highest BCUT2D eigenvalue weighted by atomic mass is 14.0. The average Bonchev–Trinajstić information content (AvgIpc) is 1.99. The number of hydrogen-bond acceptors (Lipinski definition) is 0. The maximum Gasteiger partial charge on any atom is 0.136 e. The van der Waals surface area contributed by atoms with E-state index in [1.165, 1.54) is 25.5 Å². The van der Waals surface area contributed by atoms with Crippen LogP contribution in [0.15, 0.2) is 0 Å². The molecule has 0 aromatic rings. The van der Waals surface area contributed by atoms with Gasteiger partial charge in [0.05, 0.1) is 0 Å². The molecule has 0 amide bonds. The van der Waals surface area contributed by atoms with E-state index in [-0.39, 0.29) is 0 Å². The van der Waals surface area contributed by atoms with Crippen LogP contribution in [0.3, 0.4) is 0 Å². The lowest BCUT2D eigenvalue weighted by Gasteiger charge is -2.09. The van der Waals surface area contributed by atoms with Crippen LogP contribution < -0.4 is 0 Å². The lowest BCUT2D eigenvalue weighted by molar-refractivity contribution is 0.541. The van der Waals surface area contributed by atoms with Gasteiger partial charge in [0.15, 0.2) is 0 Å². The fourth-order valence-corrected chi connectivity index (χ4v) is 0.977. The quantitative estimate of drug-likeness (QED) is 0.512. The standard InChI is InChI=1S/C9H21B/c1-5-9(3)7-8-10(4)6-2/h9H,5-8H2,1-4H3. The third-order valence-electron chi connectivity index (χ3n) is 2.55. The van der Waals surface area contributed by atoms with Gasteiger partial charge in [0, 0.05) is 0 Å². The molecule has 0 N–H and O–H groups in total. The molecule has 0 fully saturated rings. The topological polar surface area (TPSA) is 0 Å². The first kappa shape index (κ1) is 10.1. The van der Waals surface area contributed by atoms with Gasteiger partial charge in [0.2, 0.25) is 0 Å². The summed E-state index contributed by atoms with van der Waals surface area (Å²) >= 11 is 0. The van der Waals surface area contributed by atoms with Crippen LogP contribution in [0, 0.1) is 5.92 Å². The molecule has 0 rings (SSSR count). The van der Waals surface area contributed by atoms with Crippen LogP contribution in [-0.4, -0.2) is 6.71 Å². The van der Waals surface area contributed by atoms with Gasteiger partial charge in [-0.25, -0.2) is 0 Å². The molecule has 0 aromatic carbocycles. The second kappa shape index (κ2) is 5.82. The van der Waals surface area contributed by atoms with Gasteiger partial charge in [-0.05, 0) is 5.92 Å². The summed E-state index contributed by atoms with van der Waals surface area (Å²) in [5, 5.41) is 0. The van der Waals surface area contributed by atoms with E-state index in [1.54, 1.807) is 0 Å². The van der Waals surface area contributed by atoms with E-state index in [2.05, 4.69) is 27.6 Å². The summed E-state index contributed by atoms with van der Waals surface area (Å²) in [6.07, 6.45) is 5.53. The van der Waals surface area contributed by atoms with Crippen molar-refractivity contribution in [3.8, 4) is 0 Å². The minimum Gasteiger partial charge on any atom is -0.0861 e. The smallest absolute Gasteiger partial charge is 0.0861 e. The highest BCUT2D eigenvalue weighted by Gasteiger charge is 2.05. The van der Waals surface area contributed by atoms with Crippen molar-refractivity contribution in [2.75, 3.05) is 0 Å². The van der Waals surface area contributed by atoms with Crippen LogP contribution >= 0.6 is 0 Å². The Morgan fingerprint density at radius 2 is 1.90 bits per heavy atom. The van der Waals surface area contributed by atoms with E-state index in [0.717, 1.165) is 12.6 Å². The number of rotatable bonds is 5. The fourth-order valence-electron chi connectivity index (χ4n) is 0.977. The second-order valence-corrected chi connectivity index (χ2v) is 3.60. The average molecular weight is 140 g/mol. The summed E-state index contributed by atoms with van der Waals surface area (Å²) in [5.74, 6) is 0.939. The lowest BCUT2D eigenvalue weighted by atomic mass is 9.46.